The summed E-state index contributed by atoms with van der Waals surface area (Å²) in [6, 6.07) is 20.1. The fraction of sp³-hybridized carbons (Fsp3) is 0.208. The lowest BCUT2D eigenvalue weighted by Gasteiger charge is -2.23. The molecule has 1 atom stereocenters. The van der Waals surface area contributed by atoms with Crippen molar-refractivity contribution < 1.29 is 14.3 Å². The third-order valence-corrected chi connectivity index (χ3v) is 6.56. The van der Waals surface area contributed by atoms with E-state index >= 15 is 0 Å². The van der Waals surface area contributed by atoms with Gasteiger partial charge in [0, 0.05) is 10.6 Å². The summed E-state index contributed by atoms with van der Waals surface area (Å²) in [5.41, 5.74) is 1.64. The molecule has 1 saturated heterocycles. The van der Waals surface area contributed by atoms with Gasteiger partial charge in [-0.05, 0) is 53.5 Å². The van der Waals surface area contributed by atoms with Crippen molar-refractivity contribution in [1.29, 1.82) is 0 Å². The van der Waals surface area contributed by atoms with Crippen molar-refractivity contribution in [3.63, 3.8) is 0 Å². The Balaban J connectivity index is 1.51. The van der Waals surface area contributed by atoms with E-state index in [-0.39, 0.29) is 18.2 Å². The zero-order valence-electron chi connectivity index (χ0n) is 17.6. The Hall–Kier alpha value is -3.23. The van der Waals surface area contributed by atoms with Gasteiger partial charge in [-0.25, -0.2) is 0 Å². The number of ether oxygens (including phenoxy) is 1. The molecule has 2 amide bonds. The van der Waals surface area contributed by atoms with Crippen molar-refractivity contribution in [1.82, 2.24) is 9.80 Å². The smallest absolute Gasteiger partial charge is 0.252 e. The maximum Gasteiger partial charge on any atom is 0.252 e. The van der Waals surface area contributed by atoms with E-state index in [4.69, 9.17) is 17.0 Å². The van der Waals surface area contributed by atoms with Gasteiger partial charge in [0.2, 0.25) is 5.91 Å². The number of carbonyl (C=O) groups excluding carboxylic acids is 2. The van der Waals surface area contributed by atoms with E-state index in [9.17, 15) is 9.59 Å². The lowest BCUT2D eigenvalue weighted by atomic mass is 10.1. The molecule has 1 aromatic heterocycles. The highest BCUT2D eigenvalue weighted by Gasteiger charge is 2.43. The second-order valence-electron chi connectivity index (χ2n) is 7.40. The number of thiophene rings is 1. The first kappa shape index (κ1) is 22.0. The van der Waals surface area contributed by atoms with Crippen LogP contribution in [0.1, 0.15) is 16.9 Å². The van der Waals surface area contributed by atoms with Crippen LogP contribution in [0.5, 0.6) is 5.75 Å². The first-order valence-corrected chi connectivity index (χ1v) is 11.5. The number of carbonyl (C=O) groups is 2. The van der Waals surface area contributed by atoms with Crippen LogP contribution in [0.25, 0.3) is 0 Å². The first-order chi connectivity index (χ1) is 15.5. The fourth-order valence-electron chi connectivity index (χ4n) is 3.62. The van der Waals surface area contributed by atoms with E-state index in [0.29, 0.717) is 29.6 Å². The van der Waals surface area contributed by atoms with Crippen LogP contribution in [0.3, 0.4) is 0 Å². The van der Waals surface area contributed by atoms with Crippen LogP contribution >= 0.6 is 23.6 Å². The number of hydrogen-bond donors (Lipinski definition) is 1. The van der Waals surface area contributed by atoms with Crippen LogP contribution in [-0.4, -0.2) is 39.9 Å². The van der Waals surface area contributed by atoms with Gasteiger partial charge in [0.25, 0.3) is 5.91 Å². The van der Waals surface area contributed by atoms with Gasteiger partial charge < -0.3 is 15.0 Å². The Morgan fingerprint density at radius 3 is 2.47 bits per heavy atom. The number of benzene rings is 2. The number of rotatable bonds is 8. The van der Waals surface area contributed by atoms with Gasteiger partial charge in [-0.15, -0.1) is 11.3 Å². The Morgan fingerprint density at radius 2 is 1.81 bits per heavy atom. The van der Waals surface area contributed by atoms with Crippen LogP contribution < -0.4 is 10.1 Å². The summed E-state index contributed by atoms with van der Waals surface area (Å²) in [6.45, 7) is 0.879. The molecule has 0 aliphatic carbocycles. The van der Waals surface area contributed by atoms with Gasteiger partial charge in [0.15, 0.2) is 5.11 Å². The normalized spacial score (nSPS) is 15.8. The number of anilines is 1. The molecule has 0 unspecified atom stereocenters. The van der Waals surface area contributed by atoms with Crippen LogP contribution in [0.2, 0.25) is 0 Å². The molecule has 0 saturated carbocycles. The minimum Gasteiger partial charge on any atom is -0.497 e. The molecular weight excluding hydrogens is 442 g/mol. The Kier molecular flexibility index (Phi) is 6.82. The van der Waals surface area contributed by atoms with Crippen LogP contribution in [0, 0.1) is 0 Å². The SMILES string of the molecule is COc1ccc(NC(=O)C[C@H]2C(=O)N(Cc3ccccc3)C(=S)N2Cc2cccs2)cc1. The van der Waals surface area contributed by atoms with Crippen LogP contribution in [-0.2, 0) is 22.7 Å². The average Bonchev–Trinajstić information content (AvgIpc) is 3.39. The zero-order chi connectivity index (χ0) is 22.5. The van der Waals surface area contributed by atoms with Gasteiger partial charge in [0.1, 0.15) is 11.8 Å². The maximum atomic E-state index is 13.3. The quantitative estimate of drug-likeness (QED) is 0.503. The molecule has 0 radical (unpaired) electrons. The predicted octanol–water partition coefficient (Wildman–Crippen LogP) is 4.28. The summed E-state index contributed by atoms with van der Waals surface area (Å²) >= 11 is 7.29. The molecule has 1 aliphatic heterocycles. The summed E-state index contributed by atoms with van der Waals surface area (Å²) in [5, 5.41) is 5.31. The molecule has 8 heteroatoms. The van der Waals surface area contributed by atoms with Crippen molar-refractivity contribution in [3.05, 3.63) is 82.6 Å². The third kappa shape index (κ3) is 4.98. The van der Waals surface area contributed by atoms with E-state index in [1.165, 1.54) is 0 Å². The second-order valence-corrected chi connectivity index (χ2v) is 8.79. The number of hydrogen-bond acceptors (Lipinski definition) is 5. The van der Waals surface area contributed by atoms with E-state index in [1.54, 1.807) is 47.6 Å². The van der Waals surface area contributed by atoms with Gasteiger partial charge >= 0.3 is 0 Å². The van der Waals surface area contributed by atoms with Crippen molar-refractivity contribution in [2.24, 2.45) is 0 Å². The highest BCUT2D eigenvalue weighted by atomic mass is 32.1. The molecule has 32 heavy (non-hydrogen) atoms. The van der Waals surface area contributed by atoms with E-state index in [0.717, 1.165) is 10.4 Å². The lowest BCUT2D eigenvalue weighted by Crippen LogP contribution is -2.37. The van der Waals surface area contributed by atoms with Crippen molar-refractivity contribution >= 4 is 46.2 Å². The maximum absolute atomic E-state index is 13.3. The van der Waals surface area contributed by atoms with Crippen molar-refractivity contribution in [3.8, 4) is 5.75 Å². The highest BCUT2D eigenvalue weighted by molar-refractivity contribution is 7.80. The molecule has 2 heterocycles. The number of methoxy groups -OCH3 is 1. The summed E-state index contributed by atoms with van der Waals surface area (Å²) in [7, 11) is 1.59. The van der Waals surface area contributed by atoms with Gasteiger partial charge in [-0.2, -0.15) is 0 Å². The third-order valence-electron chi connectivity index (χ3n) is 5.25. The average molecular weight is 466 g/mol. The van der Waals surface area contributed by atoms with Gasteiger partial charge in [-0.1, -0.05) is 36.4 Å². The molecule has 1 aliphatic rings. The van der Waals surface area contributed by atoms with E-state index in [1.807, 2.05) is 52.7 Å². The largest absolute Gasteiger partial charge is 0.497 e. The summed E-state index contributed by atoms with van der Waals surface area (Å²) in [4.78, 5) is 30.7. The molecule has 1 fully saturated rings. The highest BCUT2D eigenvalue weighted by Crippen LogP contribution is 2.27. The van der Waals surface area contributed by atoms with Crippen molar-refractivity contribution in [2.75, 3.05) is 12.4 Å². The molecule has 3 aromatic rings. The monoisotopic (exact) mass is 465 g/mol. The minimum absolute atomic E-state index is 0.0155. The molecule has 2 aromatic carbocycles. The van der Waals surface area contributed by atoms with Gasteiger partial charge in [0.05, 0.1) is 26.6 Å². The van der Waals surface area contributed by atoms with E-state index < -0.39 is 6.04 Å². The Morgan fingerprint density at radius 1 is 1.06 bits per heavy atom. The second kappa shape index (κ2) is 9.93. The zero-order valence-corrected chi connectivity index (χ0v) is 19.2. The number of thiocarbonyl (C=S) groups is 1. The summed E-state index contributed by atoms with van der Waals surface area (Å²) in [6.07, 6.45) is 0.0155. The van der Waals surface area contributed by atoms with Crippen LogP contribution in [0.4, 0.5) is 5.69 Å². The minimum atomic E-state index is -0.647. The molecule has 1 N–H and O–H groups in total. The Labute approximate surface area is 196 Å². The fourth-order valence-corrected chi connectivity index (χ4v) is 4.66. The standard InChI is InChI=1S/C24H23N3O3S2/c1-30-19-11-9-18(10-12-19)25-22(28)14-21-23(29)27(15-17-6-3-2-4-7-17)24(31)26(21)16-20-8-5-13-32-20/h2-13,21H,14-16H2,1H3,(H,25,28)/t21-/m0/s1. The molecular formula is C24H23N3O3S2. The molecule has 0 spiro atoms. The molecule has 6 nitrogen and oxygen atoms in total. The lowest BCUT2D eigenvalue weighted by molar-refractivity contribution is -0.131. The number of nitrogens with one attached hydrogen (secondary N) is 1. The molecule has 4 rings (SSSR count). The predicted molar refractivity (Wildman–Crippen MR) is 129 cm³/mol. The summed E-state index contributed by atoms with van der Waals surface area (Å²) < 4.78 is 5.15. The number of nitrogens with zero attached hydrogens (tertiary/aromatic N) is 2. The molecule has 164 valence electrons. The summed E-state index contributed by atoms with van der Waals surface area (Å²) in [5.74, 6) is 0.312. The van der Waals surface area contributed by atoms with E-state index in [2.05, 4.69) is 5.32 Å². The Bertz CT molecular complexity index is 1090. The van der Waals surface area contributed by atoms with Crippen LogP contribution in [0.15, 0.2) is 72.1 Å². The van der Waals surface area contributed by atoms with Crippen molar-refractivity contribution in [2.45, 2.75) is 25.6 Å². The topological polar surface area (TPSA) is 61.9 Å². The first-order valence-electron chi connectivity index (χ1n) is 10.2. The molecule has 0 bridgehead atoms. The number of amides is 2. The van der Waals surface area contributed by atoms with Gasteiger partial charge in [-0.3, -0.25) is 14.5 Å².